The van der Waals surface area contributed by atoms with Crippen molar-refractivity contribution < 1.29 is 34.1 Å². The number of phenols is 2. The lowest BCUT2D eigenvalue weighted by molar-refractivity contribution is 0.0734. The fourth-order valence-electron chi connectivity index (χ4n) is 2.75. The third-order valence-electron chi connectivity index (χ3n) is 4.40. The van der Waals surface area contributed by atoms with E-state index < -0.39 is 17.5 Å². The van der Waals surface area contributed by atoms with E-state index in [1.165, 1.54) is 68.6 Å². The van der Waals surface area contributed by atoms with Crippen LogP contribution in [-0.2, 0) is 0 Å². The molecule has 7 heteroatoms. The van der Waals surface area contributed by atoms with Crippen LogP contribution in [-0.4, -0.2) is 34.9 Å². The van der Waals surface area contributed by atoms with E-state index in [1.54, 1.807) is 0 Å². The topological polar surface area (TPSA) is 110 Å². The lowest BCUT2D eigenvalue weighted by Crippen LogP contribution is -2.09. The molecular weight excluding hydrogens is 388 g/mol. The third-order valence-corrected chi connectivity index (χ3v) is 4.40. The second kappa shape index (κ2) is 8.48. The summed E-state index contributed by atoms with van der Waals surface area (Å²) >= 11 is 0. The zero-order chi connectivity index (χ0) is 21.8. The first-order valence-electron chi connectivity index (χ1n) is 8.88. The highest BCUT2D eigenvalue weighted by atomic mass is 16.5. The van der Waals surface area contributed by atoms with Crippen LogP contribution >= 0.6 is 0 Å². The number of rotatable bonds is 6. The molecule has 0 amide bonds. The Morgan fingerprint density at radius 1 is 0.733 bits per heavy atom. The van der Waals surface area contributed by atoms with E-state index in [4.69, 9.17) is 9.47 Å². The first-order valence-corrected chi connectivity index (χ1v) is 8.88. The molecule has 3 rings (SSSR count). The van der Waals surface area contributed by atoms with Crippen LogP contribution < -0.4 is 9.47 Å². The summed E-state index contributed by atoms with van der Waals surface area (Å²) in [6.07, 6.45) is 0. The Balaban J connectivity index is 1.78. The SMILES string of the molecule is COc1ccc(C(=O)c2ccc(OC(=O)c3ccc(C(C)=O)cc3)cc2O)c(O)c1. The molecule has 0 unspecified atom stereocenters. The van der Waals surface area contributed by atoms with Gasteiger partial charge in [-0.1, -0.05) is 12.1 Å². The van der Waals surface area contributed by atoms with Crippen molar-refractivity contribution in [3.63, 3.8) is 0 Å². The van der Waals surface area contributed by atoms with Gasteiger partial charge in [-0.15, -0.1) is 0 Å². The average molecular weight is 406 g/mol. The summed E-state index contributed by atoms with van der Waals surface area (Å²) in [6.45, 7) is 1.42. The van der Waals surface area contributed by atoms with E-state index in [9.17, 15) is 24.6 Å². The van der Waals surface area contributed by atoms with Crippen LogP contribution in [0.3, 0.4) is 0 Å². The Bertz CT molecular complexity index is 1130. The molecule has 0 saturated heterocycles. The van der Waals surface area contributed by atoms with E-state index >= 15 is 0 Å². The Hall–Kier alpha value is -4.13. The number of benzene rings is 3. The predicted molar refractivity (Wildman–Crippen MR) is 108 cm³/mol. The van der Waals surface area contributed by atoms with Crippen molar-refractivity contribution in [2.75, 3.05) is 7.11 Å². The molecule has 0 saturated carbocycles. The fourth-order valence-corrected chi connectivity index (χ4v) is 2.75. The molecule has 0 radical (unpaired) electrons. The van der Waals surface area contributed by atoms with Crippen LogP contribution in [0.1, 0.15) is 43.6 Å². The van der Waals surface area contributed by atoms with Crippen LogP contribution in [0.5, 0.6) is 23.0 Å². The lowest BCUT2D eigenvalue weighted by Gasteiger charge is -2.10. The van der Waals surface area contributed by atoms with E-state index in [0.717, 1.165) is 6.07 Å². The van der Waals surface area contributed by atoms with Gasteiger partial charge in [0.25, 0.3) is 0 Å². The molecule has 0 heterocycles. The smallest absolute Gasteiger partial charge is 0.343 e. The lowest BCUT2D eigenvalue weighted by atomic mass is 10.0. The Kier molecular flexibility index (Phi) is 5.83. The number of phenolic OH excluding ortho intramolecular Hbond substituents is 2. The molecule has 0 aliphatic heterocycles. The van der Waals surface area contributed by atoms with E-state index in [0.29, 0.717) is 11.3 Å². The average Bonchev–Trinajstić information content (AvgIpc) is 2.73. The molecule has 2 N–H and O–H groups in total. The van der Waals surface area contributed by atoms with Gasteiger partial charge < -0.3 is 19.7 Å². The van der Waals surface area contributed by atoms with Crippen molar-refractivity contribution in [2.24, 2.45) is 0 Å². The number of methoxy groups -OCH3 is 1. The molecule has 0 aromatic heterocycles. The van der Waals surface area contributed by atoms with Crippen molar-refractivity contribution in [3.8, 4) is 23.0 Å². The molecular formula is C23H18O7. The van der Waals surface area contributed by atoms with Gasteiger partial charge in [-0.2, -0.15) is 0 Å². The maximum Gasteiger partial charge on any atom is 0.343 e. The summed E-state index contributed by atoms with van der Waals surface area (Å²) < 4.78 is 10.2. The number of carbonyl (C=O) groups excluding carboxylic acids is 3. The minimum atomic E-state index is -0.684. The quantitative estimate of drug-likeness (QED) is 0.364. The molecule has 7 nitrogen and oxygen atoms in total. The predicted octanol–water partition coefficient (Wildman–Crippen LogP) is 3.76. The van der Waals surface area contributed by atoms with Gasteiger partial charge in [-0.3, -0.25) is 9.59 Å². The summed E-state index contributed by atoms with van der Waals surface area (Å²) in [5, 5.41) is 20.3. The second-order valence-electron chi connectivity index (χ2n) is 6.41. The Labute approximate surface area is 172 Å². The van der Waals surface area contributed by atoms with Crippen LogP contribution in [0.4, 0.5) is 0 Å². The summed E-state index contributed by atoms with van der Waals surface area (Å²) in [6, 6.07) is 13.9. The highest BCUT2D eigenvalue weighted by Gasteiger charge is 2.19. The molecule has 0 aliphatic carbocycles. The highest BCUT2D eigenvalue weighted by molar-refractivity contribution is 6.12. The van der Waals surface area contributed by atoms with Gasteiger partial charge >= 0.3 is 5.97 Å². The minimum Gasteiger partial charge on any atom is -0.507 e. The number of hydrogen-bond donors (Lipinski definition) is 2. The summed E-state index contributed by atoms with van der Waals surface area (Å²) in [7, 11) is 1.43. The molecule has 3 aromatic rings. The van der Waals surface area contributed by atoms with Gasteiger partial charge in [-0.05, 0) is 43.3 Å². The normalized spacial score (nSPS) is 10.3. The molecule has 30 heavy (non-hydrogen) atoms. The zero-order valence-electron chi connectivity index (χ0n) is 16.2. The van der Waals surface area contributed by atoms with Crippen molar-refractivity contribution in [2.45, 2.75) is 6.92 Å². The van der Waals surface area contributed by atoms with Crippen molar-refractivity contribution >= 4 is 17.5 Å². The molecule has 0 spiro atoms. The molecule has 3 aromatic carbocycles. The van der Waals surface area contributed by atoms with Gasteiger partial charge in [0.15, 0.2) is 11.6 Å². The molecule has 152 valence electrons. The summed E-state index contributed by atoms with van der Waals surface area (Å²) in [4.78, 5) is 36.2. The number of ketones is 2. The number of ether oxygens (including phenoxy) is 2. The number of carbonyl (C=O) groups is 3. The minimum absolute atomic E-state index is 0.0126. The monoisotopic (exact) mass is 406 g/mol. The van der Waals surface area contributed by atoms with Crippen molar-refractivity contribution in [1.29, 1.82) is 0 Å². The fraction of sp³-hybridized carbons (Fsp3) is 0.0870. The van der Waals surface area contributed by atoms with Crippen LogP contribution in [0.15, 0.2) is 60.7 Å². The number of hydrogen-bond acceptors (Lipinski definition) is 7. The van der Waals surface area contributed by atoms with Gasteiger partial charge in [0.1, 0.15) is 23.0 Å². The standard InChI is InChI=1S/C23H18O7/c1-13(24)14-3-5-15(6-4-14)23(28)30-17-8-10-19(21(26)12-17)22(27)18-9-7-16(29-2)11-20(18)25/h3-12,25-26H,1-2H3. The molecule has 0 fully saturated rings. The van der Waals surface area contributed by atoms with Crippen molar-refractivity contribution in [3.05, 3.63) is 82.9 Å². The second-order valence-corrected chi connectivity index (χ2v) is 6.41. The molecule has 0 aliphatic rings. The number of esters is 1. The number of aromatic hydroxyl groups is 2. The van der Waals surface area contributed by atoms with E-state index in [1.807, 2.05) is 0 Å². The highest BCUT2D eigenvalue weighted by Crippen LogP contribution is 2.30. The van der Waals surface area contributed by atoms with E-state index in [2.05, 4.69) is 0 Å². The molecule has 0 bridgehead atoms. The van der Waals surface area contributed by atoms with Gasteiger partial charge in [0.05, 0.1) is 23.8 Å². The van der Waals surface area contributed by atoms with Crippen LogP contribution in [0.25, 0.3) is 0 Å². The largest absolute Gasteiger partial charge is 0.507 e. The van der Waals surface area contributed by atoms with Gasteiger partial charge in [-0.25, -0.2) is 4.79 Å². The van der Waals surface area contributed by atoms with Gasteiger partial charge in [0.2, 0.25) is 0 Å². The molecule has 0 atom stereocenters. The maximum absolute atomic E-state index is 12.6. The number of Topliss-reactive ketones (excluding diaryl/α,β-unsaturated/α-hetero) is 1. The van der Waals surface area contributed by atoms with E-state index in [-0.39, 0.29) is 34.0 Å². The zero-order valence-corrected chi connectivity index (χ0v) is 16.2. The first-order chi connectivity index (χ1) is 14.3. The summed E-state index contributed by atoms with van der Waals surface area (Å²) in [5.41, 5.74) is 0.610. The Morgan fingerprint density at radius 3 is 1.73 bits per heavy atom. The first kappa shape index (κ1) is 20.6. The Morgan fingerprint density at radius 2 is 1.23 bits per heavy atom. The van der Waals surface area contributed by atoms with Crippen molar-refractivity contribution in [1.82, 2.24) is 0 Å². The third kappa shape index (κ3) is 4.30. The van der Waals surface area contributed by atoms with Crippen LogP contribution in [0, 0.1) is 0 Å². The van der Waals surface area contributed by atoms with Crippen LogP contribution in [0.2, 0.25) is 0 Å². The summed E-state index contributed by atoms with van der Waals surface area (Å²) in [5.74, 6) is -1.70. The van der Waals surface area contributed by atoms with Gasteiger partial charge in [0, 0.05) is 17.7 Å². The maximum atomic E-state index is 12.6.